The minimum atomic E-state index is -3.61. The first-order valence-corrected chi connectivity index (χ1v) is 11.9. The van der Waals surface area contributed by atoms with Gasteiger partial charge in [0.2, 0.25) is 10.0 Å². The molecule has 1 saturated carbocycles. The van der Waals surface area contributed by atoms with E-state index in [-0.39, 0.29) is 11.4 Å². The van der Waals surface area contributed by atoms with Crippen molar-refractivity contribution in [1.29, 1.82) is 0 Å². The van der Waals surface area contributed by atoms with Crippen LogP contribution in [0, 0.1) is 0 Å². The van der Waals surface area contributed by atoms with E-state index in [1.165, 1.54) is 19.3 Å². The molecule has 7 heteroatoms. The number of aromatic nitrogens is 3. The van der Waals surface area contributed by atoms with Crippen LogP contribution < -0.4 is 4.72 Å². The molecule has 2 heterocycles. The fourth-order valence-corrected chi connectivity index (χ4v) is 5.08. The van der Waals surface area contributed by atoms with Crippen LogP contribution in [-0.2, 0) is 16.6 Å². The highest BCUT2D eigenvalue weighted by Crippen LogP contribution is 2.32. The number of benzene rings is 1. The van der Waals surface area contributed by atoms with E-state index in [1.54, 1.807) is 18.3 Å². The van der Waals surface area contributed by atoms with Crippen molar-refractivity contribution in [3.8, 4) is 0 Å². The molecule has 29 heavy (non-hydrogen) atoms. The van der Waals surface area contributed by atoms with Crippen LogP contribution in [0.15, 0.2) is 47.5 Å². The average molecular weight is 413 g/mol. The Hall–Kier alpha value is -2.25. The van der Waals surface area contributed by atoms with Crippen LogP contribution in [0.5, 0.6) is 0 Å². The van der Waals surface area contributed by atoms with Crippen LogP contribution in [0.25, 0.3) is 11.2 Å². The summed E-state index contributed by atoms with van der Waals surface area (Å²) in [7, 11) is -3.61. The van der Waals surface area contributed by atoms with Crippen LogP contribution in [0.4, 0.5) is 0 Å². The maximum absolute atomic E-state index is 12.8. The van der Waals surface area contributed by atoms with Crippen molar-refractivity contribution in [3.05, 3.63) is 54.0 Å². The smallest absolute Gasteiger partial charge is 0.240 e. The number of hydrogen-bond acceptors (Lipinski definition) is 4. The van der Waals surface area contributed by atoms with E-state index in [0.717, 1.165) is 35.4 Å². The van der Waals surface area contributed by atoms with Gasteiger partial charge in [0.15, 0.2) is 5.65 Å². The number of imidazole rings is 1. The van der Waals surface area contributed by atoms with Crippen molar-refractivity contribution in [2.45, 2.75) is 69.4 Å². The second kappa shape index (κ2) is 8.24. The highest BCUT2D eigenvalue weighted by Gasteiger charge is 2.23. The molecule has 4 rings (SSSR count). The summed E-state index contributed by atoms with van der Waals surface area (Å²) in [5.41, 5.74) is 2.78. The second-order valence-electron chi connectivity index (χ2n) is 8.08. The highest BCUT2D eigenvalue weighted by atomic mass is 32.2. The summed E-state index contributed by atoms with van der Waals surface area (Å²) in [6.45, 7) is 4.33. The zero-order chi connectivity index (χ0) is 20.4. The lowest BCUT2D eigenvalue weighted by atomic mass is 9.95. The Balaban J connectivity index is 1.60. The third-order valence-corrected chi connectivity index (χ3v) is 7.16. The topological polar surface area (TPSA) is 76.9 Å². The quantitative estimate of drug-likeness (QED) is 0.645. The average Bonchev–Trinajstić information content (AvgIpc) is 3.11. The van der Waals surface area contributed by atoms with Gasteiger partial charge in [-0.3, -0.25) is 0 Å². The number of pyridine rings is 1. The van der Waals surface area contributed by atoms with Crippen LogP contribution in [0.2, 0.25) is 0 Å². The third kappa shape index (κ3) is 4.21. The number of nitrogens with one attached hydrogen (secondary N) is 1. The molecule has 3 aromatic rings. The summed E-state index contributed by atoms with van der Waals surface area (Å²) in [4.78, 5) is 9.50. The highest BCUT2D eigenvalue weighted by molar-refractivity contribution is 7.89. The van der Waals surface area contributed by atoms with Crippen molar-refractivity contribution >= 4 is 21.2 Å². The molecule has 2 aromatic heterocycles. The number of fused-ring (bicyclic) bond motifs is 1. The molecular weight excluding hydrogens is 384 g/mol. The van der Waals surface area contributed by atoms with Crippen LogP contribution in [0.1, 0.15) is 69.3 Å². The molecule has 1 N–H and O–H groups in total. The van der Waals surface area contributed by atoms with Gasteiger partial charge in [-0.1, -0.05) is 45.2 Å². The molecule has 1 aliphatic rings. The molecule has 0 spiro atoms. The Kier molecular flexibility index (Phi) is 5.69. The molecule has 0 radical (unpaired) electrons. The predicted molar refractivity (Wildman–Crippen MR) is 114 cm³/mol. The summed E-state index contributed by atoms with van der Waals surface area (Å²) in [5.74, 6) is 1.09. The van der Waals surface area contributed by atoms with Gasteiger partial charge in [0.05, 0.1) is 11.4 Å². The van der Waals surface area contributed by atoms with Crippen LogP contribution in [0.3, 0.4) is 0 Å². The molecule has 0 amide bonds. The van der Waals surface area contributed by atoms with Crippen LogP contribution >= 0.6 is 0 Å². The zero-order valence-electron chi connectivity index (χ0n) is 17.0. The largest absolute Gasteiger partial charge is 0.308 e. The predicted octanol–water partition coefficient (Wildman–Crippen LogP) is 4.54. The van der Waals surface area contributed by atoms with Gasteiger partial charge in [-0.05, 0) is 48.6 Å². The van der Waals surface area contributed by atoms with Crippen molar-refractivity contribution in [2.75, 3.05) is 0 Å². The molecule has 6 nitrogen and oxygen atoms in total. The Bertz CT molecular complexity index is 1080. The zero-order valence-corrected chi connectivity index (χ0v) is 17.8. The lowest BCUT2D eigenvalue weighted by Crippen LogP contribution is -2.26. The Morgan fingerprint density at radius 2 is 1.83 bits per heavy atom. The fraction of sp³-hybridized carbons (Fsp3) is 0.455. The molecule has 0 bridgehead atoms. The molecule has 1 aliphatic carbocycles. The van der Waals surface area contributed by atoms with E-state index in [0.29, 0.717) is 12.0 Å². The van der Waals surface area contributed by atoms with Gasteiger partial charge in [0.1, 0.15) is 11.3 Å². The van der Waals surface area contributed by atoms with Crippen LogP contribution in [-0.4, -0.2) is 23.0 Å². The number of sulfonamides is 1. The third-order valence-electron chi connectivity index (χ3n) is 5.74. The SMILES string of the molecule is CC(C)c1ccc(S(=O)(=O)NCc2nc3cccnc3n2C2CCCCC2)cc1. The van der Waals surface area contributed by atoms with Crippen molar-refractivity contribution in [1.82, 2.24) is 19.3 Å². The summed E-state index contributed by atoms with van der Waals surface area (Å²) >= 11 is 0. The number of rotatable bonds is 6. The van der Waals surface area contributed by atoms with Gasteiger partial charge < -0.3 is 4.57 Å². The lowest BCUT2D eigenvalue weighted by molar-refractivity contribution is 0.350. The second-order valence-corrected chi connectivity index (χ2v) is 9.85. The first-order valence-electron chi connectivity index (χ1n) is 10.4. The molecule has 1 fully saturated rings. The van der Waals surface area contributed by atoms with Crippen molar-refractivity contribution in [2.24, 2.45) is 0 Å². The molecule has 1 aromatic carbocycles. The first-order chi connectivity index (χ1) is 14.0. The standard InChI is InChI=1S/C22H28N4O2S/c1-16(2)17-10-12-19(13-11-17)29(27,28)24-15-21-25-20-9-6-14-23-22(20)26(21)18-7-4-3-5-8-18/h6,9-14,16,18,24H,3-5,7-8,15H2,1-2H3. The van der Waals surface area contributed by atoms with Crippen molar-refractivity contribution < 1.29 is 8.42 Å². The normalized spacial score (nSPS) is 16.0. The monoisotopic (exact) mass is 412 g/mol. The summed E-state index contributed by atoms with van der Waals surface area (Å²) in [5, 5.41) is 0. The van der Waals surface area contributed by atoms with E-state index < -0.39 is 10.0 Å². The summed E-state index contributed by atoms with van der Waals surface area (Å²) in [6.07, 6.45) is 7.56. The molecule has 0 aliphatic heterocycles. The van der Waals surface area contributed by atoms with E-state index >= 15 is 0 Å². The summed E-state index contributed by atoms with van der Waals surface area (Å²) < 4.78 is 30.5. The Labute approximate surface area is 172 Å². The molecular formula is C22H28N4O2S. The molecule has 0 saturated heterocycles. The van der Waals surface area contributed by atoms with Gasteiger partial charge in [-0.2, -0.15) is 0 Å². The lowest BCUT2D eigenvalue weighted by Gasteiger charge is -2.25. The molecule has 154 valence electrons. The van der Waals surface area contributed by atoms with Gasteiger partial charge in [0, 0.05) is 12.2 Å². The molecule has 0 atom stereocenters. The van der Waals surface area contributed by atoms with E-state index in [4.69, 9.17) is 4.98 Å². The van der Waals surface area contributed by atoms with Gasteiger partial charge >= 0.3 is 0 Å². The van der Waals surface area contributed by atoms with E-state index in [9.17, 15) is 8.42 Å². The Morgan fingerprint density at radius 3 is 2.52 bits per heavy atom. The minimum absolute atomic E-state index is 0.154. The van der Waals surface area contributed by atoms with Crippen molar-refractivity contribution in [3.63, 3.8) is 0 Å². The maximum Gasteiger partial charge on any atom is 0.240 e. The fourth-order valence-electron chi connectivity index (χ4n) is 4.10. The van der Waals surface area contributed by atoms with E-state index in [1.807, 2.05) is 24.3 Å². The van der Waals surface area contributed by atoms with Gasteiger partial charge in [-0.15, -0.1) is 0 Å². The minimum Gasteiger partial charge on any atom is -0.308 e. The number of nitrogens with zero attached hydrogens (tertiary/aromatic N) is 3. The molecule has 0 unspecified atom stereocenters. The number of hydrogen-bond donors (Lipinski definition) is 1. The van der Waals surface area contributed by atoms with Gasteiger partial charge in [-0.25, -0.2) is 23.1 Å². The van der Waals surface area contributed by atoms with E-state index in [2.05, 4.69) is 28.1 Å². The first kappa shape index (κ1) is 20.0. The summed E-state index contributed by atoms with van der Waals surface area (Å²) in [6, 6.07) is 11.2. The Morgan fingerprint density at radius 1 is 1.10 bits per heavy atom. The van der Waals surface area contributed by atoms with Gasteiger partial charge in [0.25, 0.3) is 0 Å². The maximum atomic E-state index is 12.8.